The molecule has 0 bridgehead atoms. The number of carbonyl (C=O) groups is 2. The fraction of sp³-hybridized carbons (Fsp3) is 0.500. The van der Waals surface area contributed by atoms with E-state index in [1.165, 1.54) is 16.3 Å². The van der Waals surface area contributed by atoms with Gasteiger partial charge in [0.1, 0.15) is 6.54 Å². The van der Waals surface area contributed by atoms with Crippen molar-refractivity contribution in [1.82, 2.24) is 19.4 Å². The summed E-state index contributed by atoms with van der Waals surface area (Å²) in [7, 11) is 0. The van der Waals surface area contributed by atoms with E-state index in [0.717, 1.165) is 31.2 Å². The monoisotopic (exact) mass is 422 g/mol. The Morgan fingerprint density at radius 1 is 1.19 bits per heavy atom. The first-order valence-corrected chi connectivity index (χ1v) is 11.1. The van der Waals surface area contributed by atoms with Gasteiger partial charge in [0.05, 0.1) is 11.6 Å². The number of rotatable bonds is 4. The molecule has 1 aromatic carbocycles. The highest BCUT2D eigenvalue weighted by molar-refractivity contribution is 5.79. The van der Waals surface area contributed by atoms with Gasteiger partial charge >= 0.3 is 5.69 Å². The molecule has 0 spiro atoms. The van der Waals surface area contributed by atoms with Gasteiger partial charge in [0.15, 0.2) is 0 Å². The van der Waals surface area contributed by atoms with Crippen molar-refractivity contribution in [2.75, 3.05) is 6.54 Å². The summed E-state index contributed by atoms with van der Waals surface area (Å²) in [5.74, 6) is 0.0703. The standard InChI is InChI=1S/C24H30N4O3/c1-18-8-3-4-9-19(18)16-28-21(29)11-6-5-10-20-24(28,2)12-15-27(20)22(30)17-26-14-7-13-25-23(26)31/h3-4,7-9,13-14,20H,5-6,10-12,15-17H2,1-2H3/t20-,24-/m1/s1. The second-order valence-electron chi connectivity index (χ2n) is 8.89. The predicted molar refractivity (Wildman–Crippen MR) is 117 cm³/mol. The number of aromatic nitrogens is 2. The number of benzene rings is 1. The van der Waals surface area contributed by atoms with Gasteiger partial charge in [0.25, 0.3) is 0 Å². The van der Waals surface area contributed by atoms with Crippen LogP contribution in [0.25, 0.3) is 0 Å². The SMILES string of the molecule is Cc1ccccc1CN1C(=O)CCCC[C@H]2N(C(=O)Cn3cccnc3=O)CC[C@]21C. The summed E-state index contributed by atoms with van der Waals surface area (Å²) in [6.07, 6.45) is 6.92. The molecule has 7 nitrogen and oxygen atoms in total. The van der Waals surface area contributed by atoms with Crippen LogP contribution in [0.4, 0.5) is 0 Å². The van der Waals surface area contributed by atoms with Crippen molar-refractivity contribution in [1.29, 1.82) is 0 Å². The molecule has 2 amide bonds. The number of likely N-dealkylation sites (tertiary alicyclic amines) is 2. The molecule has 2 aliphatic rings. The molecule has 4 rings (SSSR count). The van der Waals surface area contributed by atoms with Crippen LogP contribution in [0.3, 0.4) is 0 Å². The molecule has 2 fully saturated rings. The summed E-state index contributed by atoms with van der Waals surface area (Å²) in [5.41, 5.74) is 1.46. The number of amides is 2. The topological polar surface area (TPSA) is 75.5 Å². The minimum Gasteiger partial charge on any atom is -0.336 e. The number of nitrogens with zero attached hydrogens (tertiary/aromatic N) is 4. The fourth-order valence-corrected chi connectivity index (χ4v) is 5.09. The Balaban J connectivity index is 1.61. The maximum absolute atomic E-state index is 13.2. The first kappa shape index (κ1) is 21.3. The van der Waals surface area contributed by atoms with Crippen molar-refractivity contribution < 1.29 is 9.59 Å². The largest absolute Gasteiger partial charge is 0.347 e. The summed E-state index contributed by atoms with van der Waals surface area (Å²) in [6, 6.07) is 9.76. The Bertz CT molecular complexity index is 1030. The molecule has 31 heavy (non-hydrogen) atoms. The number of carbonyl (C=O) groups excluding carboxylic acids is 2. The molecular formula is C24H30N4O3. The predicted octanol–water partition coefficient (Wildman–Crippen LogP) is 2.51. The highest BCUT2D eigenvalue weighted by Gasteiger charge is 2.51. The Labute approximate surface area is 182 Å². The zero-order chi connectivity index (χ0) is 22.0. The zero-order valence-corrected chi connectivity index (χ0v) is 18.3. The van der Waals surface area contributed by atoms with Crippen molar-refractivity contribution in [3.8, 4) is 0 Å². The number of fused-ring (bicyclic) bond motifs is 1. The molecule has 2 aromatic rings. The van der Waals surface area contributed by atoms with Crippen LogP contribution in [-0.2, 0) is 22.7 Å². The first-order valence-electron chi connectivity index (χ1n) is 11.1. The van der Waals surface area contributed by atoms with Gasteiger partial charge in [-0.15, -0.1) is 0 Å². The van der Waals surface area contributed by atoms with Gasteiger partial charge in [-0.2, -0.15) is 0 Å². The fourth-order valence-electron chi connectivity index (χ4n) is 5.09. The maximum atomic E-state index is 13.2. The Kier molecular flexibility index (Phi) is 5.94. The lowest BCUT2D eigenvalue weighted by Crippen LogP contribution is -2.58. The van der Waals surface area contributed by atoms with E-state index >= 15 is 0 Å². The van der Waals surface area contributed by atoms with E-state index in [1.807, 2.05) is 21.9 Å². The molecular weight excluding hydrogens is 392 g/mol. The summed E-state index contributed by atoms with van der Waals surface area (Å²) in [4.78, 5) is 46.0. The van der Waals surface area contributed by atoms with Gasteiger partial charge in [-0.3, -0.25) is 14.2 Å². The minimum absolute atomic E-state index is 0.0228. The van der Waals surface area contributed by atoms with Gasteiger partial charge in [-0.25, -0.2) is 9.78 Å². The molecule has 0 saturated carbocycles. The molecule has 2 saturated heterocycles. The van der Waals surface area contributed by atoms with Crippen LogP contribution < -0.4 is 5.69 Å². The molecule has 2 aliphatic heterocycles. The van der Waals surface area contributed by atoms with Crippen LogP contribution in [0.2, 0.25) is 0 Å². The van der Waals surface area contributed by atoms with Crippen LogP contribution in [0, 0.1) is 6.92 Å². The highest BCUT2D eigenvalue weighted by Crippen LogP contribution is 2.40. The average molecular weight is 423 g/mol. The quantitative estimate of drug-likeness (QED) is 0.759. The lowest BCUT2D eigenvalue weighted by Gasteiger charge is -2.45. The molecule has 7 heteroatoms. The summed E-state index contributed by atoms with van der Waals surface area (Å²) in [6.45, 7) is 5.32. The molecule has 0 N–H and O–H groups in total. The van der Waals surface area contributed by atoms with E-state index < -0.39 is 11.2 Å². The number of hydrogen-bond donors (Lipinski definition) is 0. The van der Waals surface area contributed by atoms with E-state index in [4.69, 9.17) is 0 Å². The van der Waals surface area contributed by atoms with Gasteiger partial charge in [0, 0.05) is 31.9 Å². The number of hydrogen-bond acceptors (Lipinski definition) is 4. The van der Waals surface area contributed by atoms with E-state index in [1.54, 1.807) is 12.3 Å². The molecule has 1 aromatic heterocycles. The number of aryl methyl sites for hydroxylation is 1. The molecule has 2 atom stereocenters. The van der Waals surface area contributed by atoms with E-state index in [2.05, 4.69) is 31.0 Å². The van der Waals surface area contributed by atoms with Crippen molar-refractivity contribution in [3.63, 3.8) is 0 Å². The Morgan fingerprint density at radius 3 is 2.77 bits per heavy atom. The Morgan fingerprint density at radius 2 is 2.00 bits per heavy atom. The van der Waals surface area contributed by atoms with Gasteiger partial charge in [-0.05, 0) is 50.3 Å². The second kappa shape index (κ2) is 8.65. The molecule has 0 radical (unpaired) electrons. The van der Waals surface area contributed by atoms with Crippen LogP contribution in [0.5, 0.6) is 0 Å². The third kappa shape index (κ3) is 4.13. The van der Waals surface area contributed by atoms with Crippen molar-refractivity contribution in [2.24, 2.45) is 0 Å². The summed E-state index contributed by atoms with van der Waals surface area (Å²) in [5, 5.41) is 0. The third-order valence-corrected chi connectivity index (χ3v) is 6.99. The molecule has 0 unspecified atom stereocenters. The van der Waals surface area contributed by atoms with Gasteiger partial charge in [-0.1, -0.05) is 30.7 Å². The average Bonchev–Trinajstić information content (AvgIpc) is 3.08. The molecule has 0 aliphatic carbocycles. The van der Waals surface area contributed by atoms with Gasteiger partial charge < -0.3 is 9.80 Å². The van der Waals surface area contributed by atoms with Crippen LogP contribution in [0.15, 0.2) is 47.5 Å². The molecule has 164 valence electrons. The van der Waals surface area contributed by atoms with E-state index in [9.17, 15) is 14.4 Å². The van der Waals surface area contributed by atoms with Crippen molar-refractivity contribution in [3.05, 3.63) is 64.3 Å². The normalized spacial score (nSPS) is 23.9. The Hall–Kier alpha value is -2.96. The first-order chi connectivity index (χ1) is 14.9. The van der Waals surface area contributed by atoms with Gasteiger partial charge in [0.2, 0.25) is 11.8 Å². The molecule has 3 heterocycles. The third-order valence-electron chi connectivity index (χ3n) is 6.99. The summed E-state index contributed by atoms with van der Waals surface area (Å²) < 4.78 is 1.34. The van der Waals surface area contributed by atoms with E-state index in [-0.39, 0.29) is 24.4 Å². The van der Waals surface area contributed by atoms with Crippen molar-refractivity contribution >= 4 is 11.8 Å². The summed E-state index contributed by atoms with van der Waals surface area (Å²) >= 11 is 0. The van der Waals surface area contributed by atoms with E-state index in [0.29, 0.717) is 19.5 Å². The second-order valence-corrected chi connectivity index (χ2v) is 8.89. The van der Waals surface area contributed by atoms with Crippen LogP contribution >= 0.6 is 0 Å². The minimum atomic E-state index is -0.424. The lowest BCUT2D eigenvalue weighted by atomic mass is 9.84. The van der Waals surface area contributed by atoms with Crippen molar-refractivity contribution in [2.45, 2.75) is 70.6 Å². The maximum Gasteiger partial charge on any atom is 0.347 e. The van der Waals surface area contributed by atoms with Crippen LogP contribution in [0.1, 0.15) is 50.2 Å². The lowest BCUT2D eigenvalue weighted by molar-refractivity contribution is -0.144. The zero-order valence-electron chi connectivity index (χ0n) is 18.3. The smallest absolute Gasteiger partial charge is 0.336 e. The van der Waals surface area contributed by atoms with Crippen LogP contribution in [-0.4, -0.2) is 49.3 Å². The highest BCUT2D eigenvalue weighted by atomic mass is 16.2.